The molecule has 5 heteroatoms. The van der Waals surface area contributed by atoms with E-state index in [1.807, 2.05) is 0 Å². The lowest BCUT2D eigenvalue weighted by atomic mass is 10.2. The minimum atomic E-state index is 0.309. The van der Waals surface area contributed by atoms with Crippen LogP contribution >= 0.6 is 11.3 Å². The first-order valence-corrected chi connectivity index (χ1v) is 5.74. The third-order valence-corrected chi connectivity index (χ3v) is 2.87. The van der Waals surface area contributed by atoms with Crippen LogP contribution < -0.4 is 5.32 Å². The molecule has 0 bridgehead atoms. The number of rotatable bonds is 4. The zero-order valence-electron chi connectivity index (χ0n) is 8.73. The molecule has 2 aromatic rings. The fraction of sp³-hybridized carbons (Fsp3) is 0.400. The molecule has 0 amide bonds. The molecule has 1 atom stereocenters. The van der Waals surface area contributed by atoms with Gasteiger partial charge in [-0.05, 0) is 29.3 Å². The van der Waals surface area contributed by atoms with Gasteiger partial charge in [-0.3, -0.25) is 0 Å². The number of hydrogen-bond donors (Lipinski definition) is 1. The number of aromatic nitrogens is 2. The summed E-state index contributed by atoms with van der Waals surface area (Å²) < 4.78 is 5.27. The van der Waals surface area contributed by atoms with Gasteiger partial charge in [0.25, 0.3) is 0 Å². The number of hydrogen-bond acceptors (Lipinski definition) is 5. The molecule has 2 rings (SSSR count). The molecule has 0 aliphatic heterocycles. The Bertz CT molecular complexity index is 410. The first-order valence-electron chi connectivity index (χ1n) is 4.80. The van der Waals surface area contributed by atoms with Crippen LogP contribution in [0.3, 0.4) is 0 Å². The van der Waals surface area contributed by atoms with E-state index in [2.05, 4.69) is 39.3 Å². The molecule has 80 valence electrons. The molecule has 0 aliphatic carbocycles. The second-order valence-corrected chi connectivity index (χ2v) is 4.15. The Morgan fingerprint density at radius 2 is 2.40 bits per heavy atom. The minimum absolute atomic E-state index is 0.309. The maximum absolute atomic E-state index is 5.27. The summed E-state index contributed by atoms with van der Waals surface area (Å²) in [5.41, 5.74) is 1.29. The second-order valence-electron chi connectivity index (χ2n) is 3.37. The van der Waals surface area contributed by atoms with Crippen molar-refractivity contribution in [2.75, 3.05) is 0 Å². The largest absolute Gasteiger partial charge is 0.424 e. The van der Waals surface area contributed by atoms with Crippen molar-refractivity contribution < 1.29 is 4.42 Å². The van der Waals surface area contributed by atoms with Gasteiger partial charge in [0.15, 0.2) is 0 Å². The highest BCUT2D eigenvalue weighted by molar-refractivity contribution is 7.07. The van der Waals surface area contributed by atoms with Gasteiger partial charge < -0.3 is 9.73 Å². The van der Waals surface area contributed by atoms with Gasteiger partial charge in [0.1, 0.15) is 0 Å². The van der Waals surface area contributed by atoms with Crippen molar-refractivity contribution in [2.45, 2.75) is 26.4 Å². The highest BCUT2D eigenvalue weighted by atomic mass is 32.1. The Morgan fingerprint density at radius 1 is 1.53 bits per heavy atom. The van der Waals surface area contributed by atoms with Crippen molar-refractivity contribution in [1.82, 2.24) is 15.5 Å². The maximum atomic E-state index is 5.27. The summed E-state index contributed by atoms with van der Waals surface area (Å²) in [6.07, 6.45) is 0. The molecule has 2 aromatic heterocycles. The molecule has 0 radical (unpaired) electrons. The quantitative estimate of drug-likeness (QED) is 0.864. The summed E-state index contributed by atoms with van der Waals surface area (Å²) in [6, 6.07) is 2.42. The molecule has 1 unspecified atom stereocenters. The SMILES string of the molecule is Cc1nnc(CNC(C)c2ccsc2)o1. The van der Waals surface area contributed by atoms with Gasteiger partial charge in [-0.25, -0.2) is 0 Å². The number of nitrogens with one attached hydrogen (secondary N) is 1. The molecular formula is C10H13N3OS. The van der Waals surface area contributed by atoms with Gasteiger partial charge in [-0.1, -0.05) is 0 Å². The fourth-order valence-corrected chi connectivity index (χ4v) is 2.04. The summed E-state index contributed by atoms with van der Waals surface area (Å²) in [4.78, 5) is 0. The standard InChI is InChI=1S/C10H13N3OS/c1-7(9-3-4-15-6-9)11-5-10-13-12-8(2)14-10/h3-4,6-7,11H,5H2,1-2H3. The van der Waals surface area contributed by atoms with Crippen LogP contribution in [0.5, 0.6) is 0 Å². The number of nitrogens with zero attached hydrogens (tertiary/aromatic N) is 2. The van der Waals surface area contributed by atoms with Crippen molar-refractivity contribution in [3.8, 4) is 0 Å². The Hall–Kier alpha value is -1.20. The third kappa shape index (κ3) is 2.64. The Morgan fingerprint density at radius 3 is 3.00 bits per heavy atom. The molecule has 0 saturated heterocycles. The van der Waals surface area contributed by atoms with E-state index in [0.29, 0.717) is 24.4 Å². The van der Waals surface area contributed by atoms with Crippen LogP contribution in [0.15, 0.2) is 21.2 Å². The van der Waals surface area contributed by atoms with E-state index in [4.69, 9.17) is 4.42 Å². The molecule has 1 N–H and O–H groups in total. The predicted molar refractivity (Wildman–Crippen MR) is 58.6 cm³/mol. The van der Waals surface area contributed by atoms with Crippen molar-refractivity contribution in [2.24, 2.45) is 0 Å². The van der Waals surface area contributed by atoms with Crippen molar-refractivity contribution in [3.05, 3.63) is 34.2 Å². The summed E-state index contributed by atoms with van der Waals surface area (Å²) >= 11 is 1.70. The molecule has 0 fully saturated rings. The highest BCUT2D eigenvalue weighted by Crippen LogP contribution is 2.15. The van der Waals surface area contributed by atoms with E-state index in [1.54, 1.807) is 18.3 Å². The molecule has 0 saturated carbocycles. The van der Waals surface area contributed by atoms with Gasteiger partial charge in [0, 0.05) is 13.0 Å². The maximum Gasteiger partial charge on any atom is 0.230 e. The Balaban J connectivity index is 1.88. The van der Waals surface area contributed by atoms with Crippen LogP contribution in [-0.4, -0.2) is 10.2 Å². The summed E-state index contributed by atoms with van der Waals surface area (Å²) in [7, 11) is 0. The molecule has 0 spiro atoms. The second kappa shape index (κ2) is 4.55. The van der Waals surface area contributed by atoms with Crippen LogP contribution in [0.2, 0.25) is 0 Å². The lowest BCUT2D eigenvalue weighted by Crippen LogP contribution is -2.17. The average Bonchev–Trinajstić information content (AvgIpc) is 2.84. The molecule has 15 heavy (non-hydrogen) atoms. The molecular weight excluding hydrogens is 210 g/mol. The molecule has 0 aromatic carbocycles. The van der Waals surface area contributed by atoms with Gasteiger partial charge in [-0.2, -0.15) is 11.3 Å². The zero-order chi connectivity index (χ0) is 10.7. The zero-order valence-corrected chi connectivity index (χ0v) is 9.54. The van der Waals surface area contributed by atoms with E-state index in [-0.39, 0.29) is 0 Å². The van der Waals surface area contributed by atoms with Gasteiger partial charge in [-0.15, -0.1) is 10.2 Å². The highest BCUT2D eigenvalue weighted by Gasteiger charge is 2.07. The Labute approximate surface area is 92.3 Å². The van der Waals surface area contributed by atoms with Gasteiger partial charge in [0.2, 0.25) is 11.8 Å². The van der Waals surface area contributed by atoms with Gasteiger partial charge >= 0.3 is 0 Å². The van der Waals surface area contributed by atoms with Crippen molar-refractivity contribution >= 4 is 11.3 Å². The normalized spacial score (nSPS) is 12.9. The van der Waals surface area contributed by atoms with E-state index < -0.39 is 0 Å². The first kappa shape index (κ1) is 10.3. The predicted octanol–water partition coefficient (Wildman–Crippen LogP) is 2.29. The van der Waals surface area contributed by atoms with E-state index >= 15 is 0 Å². The van der Waals surface area contributed by atoms with E-state index in [0.717, 1.165) is 0 Å². The average molecular weight is 223 g/mol. The first-order chi connectivity index (χ1) is 7.25. The van der Waals surface area contributed by atoms with Gasteiger partial charge in [0.05, 0.1) is 6.54 Å². The molecule has 0 aliphatic rings. The lowest BCUT2D eigenvalue weighted by molar-refractivity contribution is 0.431. The minimum Gasteiger partial charge on any atom is -0.424 e. The summed E-state index contributed by atoms with van der Waals surface area (Å²) in [5.74, 6) is 1.24. The topological polar surface area (TPSA) is 51.0 Å². The third-order valence-electron chi connectivity index (χ3n) is 2.17. The smallest absolute Gasteiger partial charge is 0.230 e. The van der Waals surface area contributed by atoms with Crippen molar-refractivity contribution in [3.63, 3.8) is 0 Å². The van der Waals surface area contributed by atoms with Crippen LogP contribution in [0, 0.1) is 6.92 Å². The van der Waals surface area contributed by atoms with E-state index in [9.17, 15) is 0 Å². The van der Waals surface area contributed by atoms with Crippen LogP contribution in [-0.2, 0) is 6.54 Å². The molecule has 2 heterocycles. The number of thiophene rings is 1. The molecule has 4 nitrogen and oxygen atoms in total. The fourth-order valence-electron chi connectivity index (χ4n) is 1.29. The van der Waals surface area contributed by atoms with Crippen LogP contribution in [0.1, 0.15) is 30.3 Å². The summed E-state index contributed by atoms with van der Waals surface area (Å²) in [5, 5.41) is 15.2. The Kier molecular flexibility index (Phi) is 3.13. The van der Waals surface area contributed by atoms with Crippen LogP contribution in [0.4, 0.5) is 0 Å². The number of aryl methyl sites for hydroxylation is 1. The van der Waals surface area contributed by atoms with E-state index in [1.165, 1.54) is 5.56 Å². The monoisotopic (exact) mass is 223 g/mol. The summed E-state index contributed by atoms with van der Waals surface area (Å²) in [6.45, 7) is 4.52. The van der Waals surface area contributed by atoms with Crippen LogP contribution in [0.25, 0.3) is 0 Å². The lowest BCUT2D eigenvalue weighted by Gasteiger charge is -2.09. The van der Waals surface area contributed by atoms with Crippen molar-refractivity contribution in [1.29, 1.82) is 0 Å².